The highest BCUT2D eigenvalue weighted by molar-refractivity contribution is 6.58. The van der Waals surface area contributed by atoms with Crippen LogP contribution in [0, 0.1) is 11.8 Å². The minimum atomic E-state index is -1.61. The number of primary amides is 1. The minimum absolute atomic E-state index is 0.0320. The first kappa shape index (κ1) is 35.8. The Balaban J connectivity index is 0.000000250. The maximum Gasteiger partial charge on any atom is 0.488 e. The van der Waals surface area contributed by atoms with Crippen molar-refractivity contribution in [3.8, 4) is 11.4 Å². The Bertz CT molecular complexity index is 1460. The lowest BCUT2D eigenvalue weighted by atomic mass is 9.78. The van der Waals surface area contributed by atoms with Gasteiger partial charge in [0.15, 0.2) is 0 Å². The molecule has 0 saturated heterocycles. The van der Waals surface area contributed by atoms with E-state index in [4.69, 9.17) is 5.73 Å². The van der Waals surface area contributed by atoms with E-state index in [1.54, 1.807) is 24.3 Å². The Morgan fingerprint density at radius 1 is 1.22 bits per heavy atom. The van der Waals surface area contributed by atoms with Gasteiger partial charge in [-0.25, -0.2) is 4.99 Å². The fourth-order valence-corrected chi connectivity index (χ4v) is 5.06. The Morgan fingerprint density at radius 3 is 2.57 bits per heavy atom. The maximum absolute atomic E-state index is 12.5. The van der Waals surface area contributed by atoms with Crippen molar-refractivity contribution in [2.24, 2.45) is 22.6 Å². The summed E-state index contributed by atoms with van der Waals surface area (Å²) in [7, 11) is -1.61. The number of carbonyl (C=O) groups excluding carboxylic acids is 3. The first-order chi connectivity index (χ1) is 22.1. The van der Waals surface area contributed by atoms with E-state index in [-0.39, 0.29) is 17.5 Å². The number of rotatable bonds is 13. The van der Waals surface area contributed by atoms with Crippen LogP contribution in [0.1, 0.15) is 64.4 Å². The quantitative estimate of drug-likeness (QED) is 0.109. The zero-order valence-electron chi connectivity index (χ0n) is 26.4. The van der Waals surface area contributed by atoms with Crippen LogP contribution in [0.3, 0.4) is 0 Å². The summed E-state index contributed by atoms with van der Waals surface area (Å²) in [6, 6.07) is 4.33. The predicted molar refractivity (Wildman–Crippen MR) is 177 cm³/mol. The molecule has 1 aromatic carbocycles. The zero-order chi connectivity index (χ0) is 33.5. The molecule has 0 aliphatic heterocycles. The molecule has 1 saturated carbocycles. The van der Waals surface area contributed by atoms with Gasteiger partial charge in [0.1, 0.15) is 11.7 Å². The van der Waals surface area contributed by atoms with Crippen molar-refractivity contribution in [1.82, 2.24) is 31.3 Å². The number of carbonyl (C=O) groups is 3. The normalized spacial score (nSPS) is 16.7. The highest BCUT2D eigenvalue weighted by atomic mass is 16.4. The predicted octanol–water partition coefficient (Wildman–Crippen LogP) is 1.77. The van der Waals surface area contributed by atoms with Gasteiger partial charge in [0.05, 0.1) is 0 Å². The summed E-state index contributed by atoms with van der Waals surface area (Å²) in [5.41, 5.74) is 8.12. The number of hydrogen-bond acceptors (Lipinski definition) is 9. The van der Waals surface area contributed by atoms with Crippen LogP contribution in [-0.4, -0.2) is 67.3 Å². The number of nitrogens with two attached hydrogens (primary N) is 1. The van der Waals surface area contributed by atoms with Gasteiger partial charge in [0, 0.05) is 30.7 Å². The smallest absolute Gasteiger partial charge is 0.423 e. The number of allylic oxidation sites excluding steroid dienone is 6. The highest BCUT2D eigenvalue weighted by Crippen LogP contribution is 2.28. The molecule has 13 nitrogen and oxygen atoms in total. The van der Waals surface area contributed by atoms with Crippen molar-refractivity contribution in [1.29, 1.82) is 0 Å². The van der Waals surface area contributed by atoms with E-state index in [0.29, 0.717) is 42.2 Å². The average molecular weight is 631 g/mol. The first-order valence-corrected chi connectivity index (χ1v) is 15.4. The molecule has 4 rings (SSSR count). The van der Waals surface area contributed by atoms with Crippen molar-refractivity contribution >= 4 is 36.0 Å². The summed E-state index contributed by atoms with van der Waals surface area (Å²) in [4.78, 5) is 40.4. The van der Waals surface area contributed by atoms with Gasteiger partial charge in [-0.2, -0.15) is 5.21 Å². The number of aromatic nitrogens is 4. The van der Waals surface area contributed by atoms with E-state index in [1.807, 2.05) is 38.2 Å². The molecule has 14 heteroatoms. The van der Waals surface area contributed by atoms with Crippen molar-refractivity contribution < 1.29 is 24.4 Å². The van der Waals surface area contributed by atoms with Gasteiger partial charge in [-0.15, -0.1) is 10.2 Å². The Hall–Kier alpha value is -4.69. The number of H-pyrrole nitrogens is 1. The third kappa shape index (κ3) is 11.3. The molecule has 2 aromatic rings. The Labute approximate surface area is 269 Å². The summed E-state index contributed by atoms with van der Waals surface area (Å²) in [5, 5.41) is 38.0. The molecular formula is C32H43BN8O5. The van der Waals surface area contributed by atoms with Gasteiger partial charge in [-0.05, 0) is 59.1 Å². The topological polar surface area (TPSA) is 209 Å². The zero-order valence-corrected chi connectivity index (χ0v) is 26.4. The summed E-state index contributed by atoms with van der Waals surface area (Å²) in [5.74, 6) is -0.121. The van der Waals surface area contributed by atoms with Gasteiger partial charge in [-0.3, -0.25) is 14.4 Å². The van der Waals surface area contributed by atoms with Crippen LogP contribution in [0.4, 0.5) is 0 Å². The molecule has 1 heterocycles. The fourth-order valence-electron chi connectivity index (χ4n) is 5.06. The number of aliphatic imine (C=N–C) groups is 1. The molecular weight excluding hydrogens is 587 g/mol. The molecule has 46 heavy (non-hydrogen) atoms. The van der Waals surface area contributed by atoms with Crippen LogP contribution in [0.2, 0.25) is 0 Å². The lowest BCUT2D eigenvalue weighted by molar-refractivity contribution is -0.126. The van der Waals surface area contributed by atoms with E-state index in [0.717, 1.165) is 43.4 Å². The highest BCUT2D eigenvalue weighted by Gasteiger charge is 2.31. The number of aromatic amines is 1. The van der Waals surface area contributed by atoms with Crippen LogP contribution in [0.5, 0.6) is 0 Å². The molecule has 244 valence electrons. The standard InChI is InChI=1S/C18H23N3O2.C14H20BN5O3/c1-2-8-15(20-14-11-4-3-5-12-14)18(23)21-16(17(19)22)13-9-6-7-10-13;1-3-9(2)4-13(21)16-8-10-5-11(14-17-19-20-18-14)7-12(6-10)15(22)23/h2-5,8,11,13,16H,1,6-7,9-10,12H2,(H2,19,22)(H,21,23);5-7,9,22-23H,3-4,8H2,1-2H3,(H,16,21)(H,17,18,19,20)/b15-8-,20-14?;. The second-order valence-electron chi connectivity index (χ2n) is 11.3. The lowest BCUT2D eigenvalue weighted by Gasteiger charge is -2.21. The SMILES string of the molecule is C=C/C=C(\N=C1C=CC=CC1)C(=O)NC(C(N)=O)C1CCCC1.CCC(C)CC(=O)NCc1cc(B(O)O)cc(-c2nn[nH]n2)c1. The van der Waals surface area contributed by atoms with Gasteiger partial charge in [0.25, 0.3) is 5.91 Å². The van der Waals surface area contributed by atoms with E-state index < -0.39 is 25.0 Å². The van der Waals surface area contributed by atoms with Gasteiger partial charge in [0.2, 0.25) is 17.6 Å². The number of nitrogens with one attached hydrogen (secondary N) is 3. The van der Waals surface area contributed by atoms with Gasteiger partial charge < -0.3 is 26.4 Å². The molecule has 1 fully saturated rings. The van der Waals surface area contributed by atoms with E-state index in [1.165, 1.54) is 6.08 Å². The van der Waals surface area contributed by atoms with Crippen molar-refractivity contribution in [3.05, 3.63) is 72.5 Å². The number of amides is 3. The third-order valence-corrected chi connectivity index (χ3v) is 7.74. The molecule has 2 atom stereocenters. The number of hydrogen-bond donors (Lipinski definition) is 6. The second-order valence-corrected chi connectivity index (χ2v) is 11.3. The van der Waals surface area contributed by atoms with Crippen LogP contribution in [0.15, 0.2) is 71.9 Å². The van der Waals surface area contributed by atoms with E-state index in [9.17, 15) is 24.4 Å². The Kier molecular flexibility index (Phi) is 14.3. The van der Waals surface area contributed by atoms with Crippen LogP contribution < -0.4 is 21.8 Å². The molecule has 2 unspecified atom stereocenters. The molecule has 0 bridgehead atoms. The number of nitrogens with zero attached hydrogens (tertiary/aromatic N) is 4. The molecule has 7 N–H and O–H groups in total. The lowest BCUT2D eigenvalue weighted by Crippen LogP contribution is -2.48. The largest absolute Gasteiger partial charge is 0.488 e. The van der Waals surface area contributed by atoms with Crippen LogP contribution >= 0.6 is 0 Å². The van der Waals surface area contributed by atoms with Crippen molar-refractivity contribution in [2.45, 2.75) is 71.4 Å². The molecule has 2 aliphatic rings. The molecule has 0 radical (unpaired) electrons. The molecule has 1 aromatic heterocycles. The van der Waals surface area contributed by atoms with Crippen molar-refractivity contribution in [2.75, 3.05) is 0 Å². The molecule has 0 spiro atoms. The first-order valence-electron chi connectivity index (χ1n) is 15.4. The third-order valence-electron chi connectivity index (χ3n) is 7.74. The summed E-state index contributed by atoms with van der Waals surface area (Å²) in [6.07, 6.45) is 16.7. The second kappa shape index (κ2) is 18.3. The molecule has 3 amide bonds. The monoisotopic (exact) mass is 630 g/mol. The number of tetrazole rings is 1. The average Bonchev–Trinajstić information content (AvgIpc) is 3.78. The fraction of sp³-hybridized carbons (Fsp3) is 0.406. The Morgan fingerprint density at radius 2 is 1.98 bits per heavy atom. The van der Waals surface area contributed by atoms with E-state index >= 15 is 0 Å². The minimum Gasteiger partial charge on any atom is -0.423 e. The summed E-state index contributed by atoms with van der Waals surface area (Å²) in [6.45, 7) is 7.98. The molecule has 2 aliphatic carbocycles. The van der Waals surface area contributed by atoms with Crippen LogP contribution in [0.25, 0.3) is 11.4 Å². The van der Waals surface area contributed by atoms with Crippen molar-refractivity contribution in [3.63, 3.8) is 0 Å². The summed E-state index contributed by atoms with van der Waals surface area (Å²) < 4.78 is 0. The number of benzene rings is 1. The van der Waals surface area contributed by atoms with E-state index in [2.05, 4.69) is 42.8 Å². The maximum atomic E-state index is 12.5. The van der Waals surface area contributed by atoms with Crippen LogP contribution in [-0.2, 0) is 20.9 Å². The van der Waals surface area contributed by atoms with Gasteiger partial charge >= 0.3 is 7.12 Å². The van der Waals surface area contributed by atoms with Gasteiger partial charge in [-0.1, -0.05) is 76.1 Å². The summed E-state index contributed by atoms with van der Waals surface area (Å²) >= 11 is 0.